The van der Waals surface area contributed by atoms with Crippen LogP contribution in [-0.2, 0) is 24.1 Å². The molecule has 5 nitrogen and oxygen atoms in total. The van der Waals surface area contributed by atoms with Gasteiger partial charge < -0.3 is 19.6 Å². The zero-order valence-corrected chi connectivity index (χ0v) is 17.8. The van der Waals surface area contributed by atoms with Crippen molar-refractivity contribution < 1.29 is 14.6 Å². The number of piperidine rings is 1. The summed E-state index contributed by atoms with van der Waals surface area (Å²) in [5, 5.41) is 10.1. The highest BCUT2D eigenvalue weighted by atomic mass is 16.5. The first-order valence-corrected chi connectivity index (χ1v) is 11.0. The number of carbonyl (C=O) groups is 1. The third-order valence-electron chi connectivity index (χ3n) is 6.49. The van der Waals surface area contributed by atoms with Crippen molar-refractivity contribution in [2.45, 2.75) is 32.1 Å². The summed E-state index contributed by atoms with van der Waals surface area (Å²) in [5.74, 6) is 1.31. The van der Waals surface area contributed by atoms with Gasteiger partial charge in [-0.2, -0.15) is 0 Å². The fraction of sp³-hybridized carbons (Fsp3) is 0.480. The second kappa shape index (κ2) is 9.52. The van der Waals surface area contributed by atoms with Crippen LogP contribution in [0.4, 0.5) is 0 Å². The van der Waals surface area contributed by atoms with Crippen molar-refractivity contribution >= 4 is 5.91 Å². The van der Waals surface area contributed by atoms with Crippen LogP contribution in [0.1, 0.15) is 29.5 Å². The van der Waals surface area contributed by atoms with Crippen LogP contribution in [0.25, 0.3) is 0 Å². The van der Waals surface area contributed by atoms with Gasteiger partial charge in [0.2, 0.25) is 5.91 Å². The maximum Gasteiger partial charge on any atom is 0.227 e. The molecule has 0 bridgehead atoms. The molecule has 0 aromatic heterocycles. The minimum atomic E-state index is 0.151. The summed E-state index contributed by atoms with van der Waals surface area (Å²) in [6, 6.07) is 14.2. The molecule has 30 heavy (non-hydrogen) atoms. The van der Waals surface area contributed by atoms with E-state index in [1.807, 2.05) is 11.0 Å². The van der Waals surface area contributed by atoms with Crippen LogP contribution >= 0.6 is 0 Å². The van der Waals surface area contributed by atoms with Crippen molar-refractivity contribution in [2.75, 3.05) is 39.8 Å². The number of hydrogen-bond acceptors (Lipinski definition) is 4. The molecule has 2 aromatic rings. The van der Waals surface area contributed by atoms with Gasteiger partial charge in [-0.15, -0.1) is 0 Å². The number of carbonyl (C=O) groups excluding carboxylic acids is 1. The average molecular weight is 409 g/mol. The Balaban J connectivity index is 1.34. The highest BCUT2D eigenvalue weighted by Gasteiger charge is 2.27. The van der Waals surface area contributed by atoms with Gasteiger partial charge in [-0.3, -0.25) is 4.79 Å². The average Bonchev–Trinajstić information content (AvgIpc) is 2.91. The highest BCUT2D eigenvalue weighted by molar-refractivity contribution is 5.80. The number of phenols is 1. The molecule has 0 radical (unpaired) electrons. The molecule has 2 heterocycles. The smallest absolute Gasteiger partial charge is 0.227 e. The lowest BCUT2D eigenvalue weighted by Gasteiger charge is -2.35. The molecule has 2 aliphatic heterocycles. The lowest BCUT2D eigenvalue weighted by Crippen LogP contribution is -2.44. The summed E-state index contributed by atoms with van der Waals surface area (Å²) < 4.78 is 5.22. The van der Waals surface area contributed by atoms with Gasteiger partial charge in [-0.25, -0.2) is 0 Å². The van der Waals surface area contributed by atoms with Crippen molar-refractivity contribution in [3.63, 3.8) is 0 Å². The standard InChI is InChI=1S/C25H32N2O3/c1-30-24-15-22-16-25(29)27(13-10-21(22)14-23(24)28)18-20-8-5-11-26(17-20)12-9-19-6-3-2-4-7-19/h2-4,6-7,14-15,20,28H,5,8-13,16-18H2,1H3. The van der Waals surface area contributed by atoms with E-state index in [1.165, 1.54) is 18.4 Å². The number of methoxy groups -OCH3 is 1. The number of hydrogen-bond donors (Lipinski definition) is 1. The summed E-state index contributed by atoms with van der Waals surface area (Å²) in [4.78, 5) is 17.5. The molecule has 5 heteroatoms. The molecule has 160 valence electrons. The summed E-state index contributed by atoms with van der Waals surface area (Å²) in [5.41, 5.74) is 3.42. The van der Waals surface area contributed by atoms with E-state index in [2.05, 4.69) is 35.2 Å². The van der Waals surface area contributed by atoms with E-state index < -0.39 is 0 Å². The lowest BCUT2D eigenvalue weighted by molar-refractivity contribution is -0.131. The van der Waals surface area contributed by atoms with Gasteiger partial charge in [0, 0.05) is 26.2 Å². The molecular weight excluding hydrogens is 376 g/mol. The topological polar surface area (TPSA) is 53.0 Å². The molecule has 1 atom stereocenters. The zero-order chi connectivity index (χ0) is 20.9. The number of nitrogens with zero attached hydrogens (tertiary/aromatic N) is 2. The fourth-order valence-corrected chi connectivity index (χ4v) is 4.81. The first kappa shape index (κ1) is 20.7. The Morgan fingerprint density at radius 2 is 1.97 bits per heavy atom. The van der Waals surface area contributed by atoms with Crippen LogP contribution in [0.5, 0.6) is 11.5 Å². The van der Waals surface area contributed by atoms with E-state index in [-0.39, 0.29) is 11.7 Å². The molecule has 0 spiro atoms. The van der Waals surface area contributed by atoms with Crippen molar-refractivity contribution in [3.8, 4) is 11.5 Å². The van der Waals surface area contributed by atoms with Gasteiger partial charge in [0.05, 0.1) is 13.5 Å². The molecule has 4 rings (SSSR count). The maximum atomic E-state index is 12.9. The van der Waals surface area contributed by atoms with Gasteiger partial charge in [0.15, 0.2) is 11.5 Å². The van der Waals surface area contributed by atoms with Crippen LogP contribution in [0.3, 0.4) is 0 Å². The van der Waals surface area contributed by atoms with Crippen LogP contribution in [-0.4, -0.2) is 60.6 Å². The number of likely N-dealkylation sites (tertiary alicyclic amines) is 1. The molecule has 0 aliphatic carbocycles. The largest absolute Gasteiger partial charge is 0.504 e. The molecule has 2 aromatic carbocycles. The van der Waals surface area contributed by atoms with Gasteiger partial charge in [0.25, 0.3) is 0 Å². The Hall–Kier alpha value is -2.53. The zero-order valence-electron chi connectivity index (χ0n) is 17.8. The monoisotopic (exact) mass is 408 g/mol. The SMILES string of the molecule is COc1cc2c(cc1O)CCN(CC1CCCN(CCc3ccccc3)C1)C(=O)C2. The third kappa shape index (κ3) is 4.96. The number of rotatable bonds is 6. The predicted octanol–water partition coefficient (Wildman–Crippen LogP) is 3.28. The number of benzene rings is 2. The molecule has 1 N–H and O–H groups in total. The van der Waals surface area contributed by atoms with Crippen LogP contribution in [0, 0.1) is 5.92 Å². The quantitative estimate of drug-likeness (QED) is 0.797. The van der Waals surface area contributed by atoms with E-state index in [1.54, 1.807) is 13.2 Å². The van der Waals surface area contributed by atoms with Gasteiger partial charge in [0.1, 0.15) is 0 Å². The minimum absolute atomic E-state index is 0.151. The summed E-state index contributed by atoms with van der Waals surface area (Å²) in [7, 11) is 1.54. The number of fused-ring (bicyclic) bond motifs is 1. The fourth-order valence-electron chi connectivity index (χ4n) is 4.81. The molecule has 1 fully saturated rings. The van der Waals surface area contributed by atoms with Crippen molar-refractivity contribution in [3.05, 3.63) is 59.2 Å². The molecular formula is C25H32N2O3. The Morgan fingerprint density at radius 1 is 1.13 bits per heavy atom. The first-order valence-electron chi connectivity index (χ1n) is 11.0. The minimum Gasteiger partial charge on any atom is -0.504 e. The molecule has 0 saturated carbocycles. The molecule has 1 saturated heterocycles. The Labute approximate surface area is 179 Å². The number of aromatic hydroxyl groups is 1. The van der Waals surface area contributed by atoms with Crippen LogP contribution in [0.15, 0.2) is 42.5 Å². The van der Waals surface area contributed by atoms with Gasteiger partial charge in [-0.1, -0.05) is 30.3 Å². The third-order valence-corrected chi connectivity index (χ3v) is 6.49. The number of ether oxygens (including phenoxy) is 1. The van der Waals surface area contributed by atoms with Crippen LogP contribution < -0.4 is 4.74 Å². The van der Waals surface area contributed by atoms with E-state index in [0.717, 1.165) is 56.7 Å². The Bertz CT molecular complexity index is 868. The predicted molar refractivity (Wildman–Crippen MR) is 118 cm³/mol. The lowest BCUT2D eigenvalue weighted by atomic mass is 9.96. The van der Waals surface area contributed by atoms with Gasteiger partial charge in [-0.05, 0) is 67.0 Å². The van der Waals surface area contributed by atoms with E-state index >= 15 is 0 Å². The summed E-state index contributed by atoms with van der Waals surface area (Å²) in [6.07, 6.45) is 4.64. The number of amides is 1. The molecule has 1 amide bonds. The molecule has 1 unspecified atom stereocenters. The van der Waals surface area contributed by atoms with Crippen molar-refractivity contribution in [2.24, 2.45) is 5.92 Å². The maximum absolute atomic E-state index is 12.9. The first-order chi connectivity index (χ1) is 14.6. The van der Waals surface area contributed by atoms with Gasteiger partial charge >= 0.3 is 0 Å². The second-order valence-corrected chi connectivity index (χ2v) is 8.60. The van der Waals surface area contributed by atoms with Crippen molar-refractivity contribution in [1.29, 1.82) is 0 Å². The van der Waals surface area contributed by atoms with E-state index in [9.17, 15) is 9.90 Å². The number of phenolic OH excluding ortho intramolecular Hbond substituents is 1. The highest BCUT2D eigenvalue weighted by Crippen LogP contribution is 2.32. The van der Waals surface area contributed by atoms with E-state index in [0.29, 0.717) is 18.1 Å². The summed E-state index contributed by atoms with van der Waals surface area (Å²) in [6.45, 7) is 4.86. The van der Waals surface area contributed by atoms with Crippen LogP contribution in [0.2, 0.25) is 0 Å². The Kier molecular flexibility index (Phi) is 6.58. The van der Waals surface area contributed by atoms with E-state index in [4.69, 9.17) is 4.74 Å². The second-order valence-electron chi connectivity index (χ2n) is 8.60. The normalized spacial score (nSPS) is 20.0. The summed E-state index contributed by atoms with van der Waals surface area (Å²) >= 11 is 0. The Morgan fingerprint density at radius 3 is 2.77 bits per heavy atom. The van der Waals surface area contributed by atoms with Crippen molar-refractivity contribution in [1.82, 2.24) is 9.80 Å². The molecule has 2 aliphatic rings.